The van der Waals surface area contributed by atoms with Gasteiger partial charge in [-0.15, -0.1) is 0 Å². The highest BCUT2D eigenvalue weighted by molar-refractivity contribution is 5.75. The van der Waals surface area contributed by atoms with E-state index < -0.39 is 42.7 Å². The summed E-state index contributed by atoms with van der Waals surface area (Å²) in [6.07, 6.45) is 15.4. The standard InChI is InChI=1S/C29H58N2O7/c1-3-4-5-6-7-8-9-10-11-12-13-14-17-24(28(35)36)20-25(33)21-31(22-26(34)23-32)19-16-15-18-27(30)29(37)38-2/h24-27,32-34H,3-23,30H2,1-2H3,(H,35,36). The van der Waals surface area contributed by atoms with Gasteiger partial charge < -0.3 is 30.9 Å². The van der Waals surface area contributed by atoms with Crippen LogP contribution < -0.4 is 5.73 Å². The van der Waals surface area contributed by atoms with Gasteiger partial charge in [-0.25, -0.2) is 0 Å². The summed E-state index contributed by atoms with van der Waals surface area (Å²) in [7, 11) is 1.30. The lowest BCUT2D eigenvalue weighted by atomic mass is 9.94. The molecular formula is C29H58N2O7. The van der Waals surface area contributed by atoms with E-state index in [9.17, 15) is 30.0 Å². The Morgan fingerprint density at radius 3 is 1.79 bits per heavy atom. The lowest BCUT2D eigenvalue weighted by Crippen LogP contribution is -2.41. The topological polar surface area (TPSA) is 154 Å². The molecule has 4 unspecified atom stereocenters. The largest absolute Gasteiger partial charge is 0.481 e. The van der Waals surface area contributed by atoms with E-state index in [0.29, 0.717) is 32.2 Å². The molecular weight excluding hydrogens is 488 g/mol. The van der Waals surface area contributed by atoms with Crippen molar-refractivity contribution in [3.8, 4) is 0 Å². The van der Waals surface area contributed by atoms with Crippen molar-refractivity contribution < 1.29 is 34.8 Å². The van der Waals surface area contributed by atoms with E-state index >= 15 is 0 Å². The maximum atomic E-state index is 11.8. The molecule has 0 spiro atoms. The smallest absolute Gasteiger partial charge is 0.322 e. The Hall–Kier alpha value is -1.26. The fraction of sp³-hybridized carbons (Fsp3) is 0.931. The van der Waals surface area contributed by atoms with Crippen LogP contribution in [0.4, 0.5) is 0 Å². The van der Waals surface area contributed by atoms with Crippen LogP contribution in [-0.2, 0) is 14.3 Å². The molecule has 0 aromatic carbocycles. The molecule has 4 atom stereocenters. The van der Waals surface area contributed by atoms with Crippen molar-refractivity contribution in [3.63, 3.8) is 0 Å². The van der Waals surface area contributed by atoms with Crippen LogP contribution in [0.25, 0.3) is 0 Å². The van der Waals surface area contributed by atoms with Crippen molar-refractivity contribution in [3.05, 3.63) is 0 Å². The number of aliphatic carboxylic acids is 1. The highest BCUT2D eigenvalue weighted by Crippen LogP contribution is 2.19. The van der Waals surface area contributed by atoms with Crippen LogP contribution >= 0.6 is 0 Å². The second-order valence-corrected chi connectivity index (χ2v) is 10.8. The summed E-state index contributed by atoms with van der Waals surface area (Å²) in [5.41, 5.74) is 5.76. The van der Waals surface area contributed by atoms with Crippen LogP contribution in [0, 0.1) is 5.92 Å². The summed E-state index contributed by atoms with van der Waals surface area (Å²) in [5, 5.41) is 39.4. The normalized spacial score (nSPS) is 14.8. The Kier molecular flexibility index (Phi) is 23.9. The Morgan fingerprint density at radius 2 is 1.29 bits per heavy atom. The highest BCUT2D eigenvalue weighted by atomic mass is 16.5. The molecule has 0 aromatic rings. The molecule has 0 saturated heterocycles. The van der Waals surface area contributed by atoms with Gasteiger partial charge in [0.2, 0.25) is 0 Å². The zero-order valence-electron chi connectivity index (χ0n) is 24.2. The van der Waals surface area contributed by atoms with Crippen molar-refractivity contribution in [2.24, 2.45) is 11.7 Å². The summed E-state index contributed by atoms with van der Waals surface area (Å²) >= 11 is 0. The number of aliphatic hydroxyl groups is 3. The van der Waals surface area contributed by atoms with Crippen molar-refractivity contribution in [2.75, 3.05) is 33.4 Å². The van der Waals surface area contributed by atoms with Gasteiger partial charge in [0, 0.05) is 13.1 Å². The third-order valence-electron chi connectivity index (χ3n) is 7.20. The average molecular weight is 547 g/mol. The van der Waals surface area contributed by atoms with Crippen LogP contribution in [-0.4, -0.2) is 88.9 Å². The number of carboxylic acids is 1. The lowest BCUT2D eigenvalue weighted by molar-refractivity contribution is -0.143. The van der Waals surface area contributed by atoms with Crippen LogP contribution in [0.5, 0.6) is 0 Å². The number of ether oxygens (including phenoxy) is 1. The second-order valence-electron chi connectivity index (χ2n) is 10.8. The fourth-order valence-corrected chi connectivity index (χ4v) is 4.86. The molecule has 0 aliphatic rings. The summed E-state index contributed by atoms with van der Waals surface area (Å²) in [6, 6.07) is -0.682. The molecule has 0 aromatic heterocycles. The van der Waals surface area contributed by atoms with Gasteiger partial charge in [-0.3, -0.25) is 14.5 Å². The first-order chi connectivity index (χ1) is 18.2. The van der Waals surface area contributed by atoms with Gasteiger partial charge in [0.25, 0.3) is 0 Å². The van der Waals surface area contributed by atoms with E-state index in [2.05, 4.69) is 11.7 Å². The Bertz CT molecular complexity index is 579. The number of nitrogens with zero attached hydrogens (tertiary/aromatic N) is 1. The number of carboxylic acid groups (broad SMARTS) is 1. The molecule has 0 amide bonds. The molecule has 9 nitrogen and oxygen atoms in total. The fourth-order valence-electron chi connectivity index (χ4n) is 4.86. The molecule has 9 heteroatoms. The molecule has 226 valence electrons. The van der Waals surface area contributed by atoms with E-state index in [1.165, 1.54) is 64.9 Å². The van der Waals surface area contributed by atoms with Crippen LogP contribution in [0.15, 0.2) is 0 Å². The molecule has 0 rings (SSSR count). The van der Waals surface area contributed by atoms with E-state index in [4.69, 9.17) is 5.73 Å². The first-order valence-electron chi connectivity index (χ1n) is 15.0. The summed E-state index contributed by atoms with van der Waals surface area (Å²) < 4.78 is 4.62. The van der Waals surface area contributed by atoms with E-state index in [1.54, 1.807) is 0 Å². The first kappa shape index (κ1) is 36.7. The Labute approximate surface area is 231 Å². The number of hydrogen-bond acceptors (Lipinski definition) is 8. The quantitative estimate of drug-likeness (QED) is 0.0763. The third kappa shape index (κ3) is 20.7. The minimum atomic E-state index is -0.948. The zero-order valence-corrected chi connectivity index (χ0v) is 24.2. The molecule has 0 aliphatic carbocycles. The van der Waals surface area contributed by atoms with Gasteiger partial charge in [0.15, 0.2) is 0 Å². The van der Waals surface area contributed by atoms with Gasteiger partial charge in [-0.05, 0) is 32.2 Å². The maximum absolute atomic E-state index is 11.8. The average Bonchev–Trinajstić information content (AvgIpc) is 2.89. The number of rotatable bonds is 27. The number of nitrogens with two attached hydrogens (primary N) is 1. The number of esters is 1. The number of carbonyl (C=O) groups excluding carboxylic acids is 1. The molecule has 0 aliphatic heterocycles. The Balaban J connectivity index is 4.30. The summed E-state index contributed by atoms with van der Waals surface area (Å²) in [5.74, 6) is -1.94. The number of methoxy groups -OCH3 is 1. The lowest BCUT2D eigenvalue weighted by Gasteiger charge is -2.28. The van der Waals surface area contributed by atoms with Crippen molar-refractivity contribution in [1.82, 2.24) is 4.90 Å². The summed E-state index contributed by atoms with van der Waals surface area (Å²) in [4.78, 5) is 25.0. The highest BCUT2D eigenvalue weighted by Gasteiger charge is 2.23. The molecule has 0 heterocycles. The number of aliphatic hydroxyl groups excluding tert-OH is 3. The van der Waals surface area contributed by atoms with Crippen molar-refractivity contribution >= 4 is 11.9 Å². The van der Waals surface area contributed by atoms with Crippen LogP contribution in [0.2, 0.25) is 0 Å². The van der Waals surface area contributed by atoms with Crippen LogP contribution in [0.1, 0.15) is 116 Å². The van der Waals surface area contributed by atoms with Gasteiger partial charge in [0.1, 0.15) is 6.04 Å². The van der Waals surface area contributed by atoms with Gasteiger partial charge in [-0.1, -0.05) is 90.4 Å². The van der Waals surface area contributed by atoms with E-state index in [-0.39, 0.29) is 19.5 Å². The minimum absolute atomic E-state index is 0.159. The predicted octanol–water partition coefficient (Wildman–Crippen LogP) is 3.86. The molecule has 0 radical (unpaired) electrons. The number of hydrogen-bond donors (Lipinski definition) is 5. The third-order valence-corrected chi connectivity index (χ3v) is 7.20. The number of unbranched alkanes of at least 4 members (excludes halogenated alkanes) is 12. The minimum Gasteiger partial charge on any atom is -0.481 e. The monoisotopic (exact) mass is 546 g/mol. The van der Waals surface area contributed by atoms with E-state index in [1.807, 2.05) is 4.90 Å². The predicted molar refractivity (Wildman–Crippen MR) is 151 cm³/mol. The molecule has 6 N–H and O–H groups in total. The van der Waals surface area contributed by atoms with Crippen LogP contribution in [0.3, 0.4) is 0 Å². The van der Waals surface area contributed by atoms with E-state index in [0.717, 1.165) is 19.3 Å². The SMILES string of the molecule is CCCCCCCCCCCCCCC(CC(O)CN(CCCCC(N)C(=O)OC)CC(O)CO)C(=O)O. The van der Waals surface area contributed by atoms with Crippen molar-refractivity contribution in [1.29, 1.82) is 0 Å². The molecule has 0 fully saturated rings. The first-order valence-corrected chi connectivity index (χ1v) is 15.0. The molecule has 0 bridgehead atoms. The number of carbonyl (C=O) groups is 2. The van der Waals surface area contributed by atoms with Gasteiger partial charge in [0.05, 0.1) is 31.8 Å². The Morgan fingerprint density at radius 1 is 0.789 bits per heavy atom. The zero-order chi connectivity index (χ0) is 28.6. The van der Waals surface area contributed by atoms with Crippen molar-refractivity contribution in [2.45, 2.75) is 134 Å². The molecule has 38 heavy (non-hydrogen) atoms. The second kappa shape index (κ2) is 24.8. The van der Waals surface area contributed by atoms with Gasteiger partial charge in [-0.2, -0.15) is 0 Å². The maximum Gasteiger partial charge on any atom is 0.322 e. The summed E-state index contributed by atoms with van der Waals surface area (Å²) in [6.45, 7) is 2.75. The van der Waals surface area contributed by atoms with Gasteiger partial charge >= 0.3 is 11.9 Å². The molecule has 0 saturated carbocycles.